The number of benzene rings is 1. The van der Waals surface area contributed by atoms with Crippen molar-refractivity contribution in [3.8, 4) is 11.5 Å². The number of hydrogen-bond donors (Lipinski definition) is 2. The van der Waals surface area contributed by atoms with Crippen molar-refractivity contribution >= 4 is 11.8 Å². The van der Waals surface area contributed by atoms with E-state index < -0.39 is 0 Å². The van der Waals surface area contributed by atoms with E-state index in [9.17, 15) is 9.59 Å². The van der Waals surface area contributed by atoms with Gasteiger partial charge in [0.15, 0.2) is 11.5 Å². The third kappa shape index (κ3) is 7.81. The molecule has 29 heavy (non-hydrogen) atoms. The van der Waals surface area contributed by atoms with Gasteiger partial charge in [0.25, 0.3) is 5.91 Å². The minimum atomic E-state index is -0.265. The van der Waals surface area contributed by atoms with Crippen LogP contribution in [0.15, 0.2) is 42.7 Å². The molecule has 0 fully saturated rings. The van der Waals surface area contributed by atoms with Crippen LogP contribution in [0.2, 0.25) is 0 Å². The first-order chi connectivity index (χ1) is 14.0. The third-order valence-corrected chi connectivity index (χ3v) is 4.26. The van der Waals surface area contributed by atoms with Crippen molar-refractivity contribution in [3.05, 3.63) is 53.9 Å². The molecule has 2 amide bonds. The standard InChI is InChI=1S/C22H29N3O4/c1-16(2)9-13-29-19-5-4-18(14-20(19)28-3)22(27)24-12-8-21(26)25-15-17-6-10-23-11-7-17/h4-7,10-11,14,16H,8-9,12-13,15H2,1-3H3,(H,24,27)(H,25,26). The van der Waals surface area contributed by atoms with Crippen LogP contribution < -0.4 is 20.1 Å². The molecule has 156 valence electrons. The number of nitrogens with one attached hydrogen (secondary N) is 2. The van der Waals surface area contributed by atoms with Crippen molar-refractivity contribution in [2.24, 2.45) is 5.92 Å². The third-order valence-electron chi connectivity index (χ3n) is 4.26. The van der Waals surface area contributed by atoms with E-state index >= 15 is 0 Å². The number of carbonyl (C=O) groups is 2. The van der Waals surface area contributed by atoms with E-state index in [-0.39, 0.29) is 24.8 Å². The zero-order valence-corrected chi connectivity index (χ0v) is 17.2. The lowest BCUT2D eigenvalue weighted by Gasteiger charge is -2.13. The van der Waals surface area contributed by atoms with Gasteiger partial charge in [0.05, 0.1) is 13.7 Å². The molecular formula is C22H29N3O4. The second-order valence-electron chi connectivity index (χ2n) is 7.03. The summed E-state index contributed by atoms with van der Waals surface area (Å²) in [4.78, 5) is 28.2. The summed E-state index contributed by atoms with van der Waals surface area (Å²) in [7, 11) is 1.54. The molecule has 0 radical (unpaired) electrons. The zero-order chi connectivity index (χ0) is 21.1. The first-order valence-electron chi connectivity index (χ1n) is 9.74. The van der Waals surface area contributed by atoms with E-state index in [1.165, 1.54) is 0 Å². The van der Waals surface area contributed by atoms with Gasteiger partial charge in [-0.3, -0.25) is 14.6 Å². The summed E-state index contributed by atoms with van der Waals surface area (Å²) in [5.41, 5.74) is 1.43. The molecule has 0 saturated heterocycles. The van der Waals surface area contributed by atoms with Gasteiger partial charge in [-0.05, 0) is 48.2 Å². The van der Waals surface area contributed by atoms with Crippen molar-refractivity contribution in [2.45, 2.75) is 33.2 Å². The number of aromatic nitrogens is 1. The van der Waals surface area contributed by atoms with Gasteiger partial charge in [0.2, 0.25) is 5.91 Å². The van der Waals surface area contributed by atoms with Crippen LogP contribution >= 0.6 is 0 Å². The number of hydrogen-bond acceptors (Lipinski definition) is 5. The average Bonchev–Trinajstić information content (AvgIpc) is 2.72. The maximum absolute atomic E-state index is 12.3. The van der Waals surface area contributed by atoms with E-state index in [0.29, 0.717) is 36.1 Å². The van der Waals surface area contributed by atoms with E-state index in [0.717, 1.165) is 12.0 Å². The summed E-state index contributed by atoms with van der Waals surface area (Å²) < 4.78 is 11.1. The molecule has 0 aliphatic carbocycles. The Morgan fingerprint density at radius 2 is 1.83 bits per heavy atom. The largest absolute Gasteiger partial charge is 0.493 e. The smallest absolute Gasteiger partial charge is 0.251 e. The van der Waals surface area contributed by atoms with E-state index in [2.05, 4.69) is 29.5 Å². The van der Waals surface area contributed by atoms with Gasteiger partial charge < -0.3 is 20.1 Å². The highest BCUT2D eigenvalue weighted by molar-refractivity contribution is 5.95. The lowest BCUT2D eigenvalue weighted by Crippen LogP contribution is -2.30. The minimum absolute atomic E-state index is 0.131. The van der Waals surface area contributed by atoms with Crippen LogP contribution in [0.1, 0.15) is 42.6 Å². The molecule has 0 spiro atoms. The van der Waals surface area contributed by atoms with Crippen LogP contribution in [0.25, 0.3) is 0 Å². The fourth-order valence-corrected chi connectivity index (χ4v) is 2.51. The summed E-state index contributed by atoms with van der Waals surface area (Å²) in [6.07, 6.45) is 4.49. The number of amides is 2. The molecule has 2 rings (SSSR count). The molecule has 7 nitrogen and oxygen atoms in total. The summed E-state index contributed by atoms with van der Waals surface area (Å²) in [5, 5.41) is 5.56. The normalized spacial score (nSPS) is 10.5. The Kier molecular flexibility index (Phi) is 8.95. The second kappa shape index (κ2) is 11.7. The molecule has 0 bridgehead atoms. The van der Waals surface area contributed by atoms with Crippen molar-refractivity contribution in [2.75, 3.05) is 20.3 Å². The summed E-state index contributed by atoms with van der Waals surface area (Å²) in [5.74, 6) is 1.28. The Hall–Kier alpha value is -3.09. The number of ether oxygens (including phenoxy) is 2. The topological polar surface area (TPSA) is 89.5 Å². The van der Waals surface area contributed by atoms with Crippen LogP contribution in [0, 0.1) is 5.92 Å². The number of rotatable bonds is 11. The van der Waals surface area contributed by atoms with Crippen LogP contribution in [0.3, 0.4) is 0 Å². The van der Waals surface area contributed by atoms with Gasteiger partial charge in [-0.25, -0.2) is 0 Å². The first-order valence-corrected chi connectivity index (χ1v) is 9.74. The molecule has 0 aliphatic rings. The number of carbonyl (C=O) groups excluding carboxylic acids is 2. The van der Waals surface area contributed by atoms with Crippen LogP contribution in [0.4, 0.5) is 0 Å². The highest BCUT2D eigenvalue weighted by atomic mass is 16.5. The van der Waals surface area contributed by atoms with E-state index in [4.69, 9.17) is 9.47 Å². The Morgan fingerprint density at radius 3 is 2.52 bits per heavy atom. The van der Waals surface area contributed by atoms with Crippen LogP contribution in [-0.2, 0) is 11.3 Å². The summed E-state index contributed by atoms with van der Waals surface area (Å²) >= 11 is 0. The zero-order valence-electron chi connectivity index (χ0n) is 17.2. The molecule has 1 aromatic heterocycles. The van der Waals surface area contributed by atoms with Gasteiger partial charge in [0, 0.05) is 37.5 Å². The van der Waals surface area contributed by atoms with Gasteiger partial charge in [-0.15, -0.1) is 0 Å². The van der Waals surface area contributed by atoms with Crippen LogP contribution in [-0.4, -0.2) is 37.1 Å². The quantitative estimate of drug-likeness (QED) is 0.606. The number of methoxy groups -OCH3 is 1. The highest BCUT2D eigenvalue weighted by Crippen LogP contribution is 2.28. The molecule has 1 heterocycles. The predicted octanol–water partition coefficient (Wildman–Crippen LogP) is 2.95. The Morgan fingerprint density at radius 1 is 1.07 bits per heavy atom. The fourth-order valence-electron chi connectivity index (χ4n) is 2.51. The van der Waals surface area contributed by atoms with E-state index in [1.54, 1.807) is 37.7 Å². The SMILES string of the molecule is COc1cc(C(=O)NCCC(=O)NCc2ccncc2)ccc1OCCC(C)C. The summed E-state index contributed by atoms with van der Waals surface area (Å²) in [6, 6.07) is 8.74. The minimum Gasteiger partial charge on any atom is -0.493 e. The Labute approximate surface area is 171 Å². The molecule has 1 aromatic carbocycles. The molecule has 0 unspecified atom stereocenters. The highest BCUT2D eigenvalue weighted by Gasteiger charge is 2.12. The molecular weight excluding hydrogens is 370 g/mol. The second-order valence-corrected chi connectivity index (χ2v) is 7.03. The van der Waals surface area contributed by atoms with Gasteiger partial charge in [-0.2, -0.15) is 0 Å². The van der Waals surface area contributed by atoms with Gasteiger partial charge >= 0.3 is 0 Å². The maximum atomic E-state index is 12.3. The summed E-state index contributed by atoms with van der Waals surface area (Å²) in [6.45, 7) is 5.54. The van der Waals surface area contributed by atoms with Crippen molar-refractivity contribution in [1.82, 2.24) is 15.6 Å². The lowest BCUT2D eigenvalue weighted by molar-refractivity contribution is -0.121. The number of pyridine rings is 1. The van der Waals surface area contributed by atoms with Crippen molar-refractivity contribution in [1.29, 1.82) is 0 Å². The fraction of sp³-hybridized carbons (Fsp3) is 0.409. The average molecular weight is 399 g/mol. The molecule has 0 aliphatic heterocycles. The lowest BCUT2D eigenvalue weighted by atomic mass is 10.1. The van der Waals surface area contributed by atoms with Crippen LogP contribution in [0.5, 0.6) is 11.5 Å². The first kappa shape index (κ1) is 22.2. The number of nitrogens with zero attached hydrogens (tertiary/aromatic N) is 1. The molecule has 2 aromatic rings. The molecule has 2 N–H and O–H groups in total. The van der Waals surface area contributed by atoms with Gasteiger partial charge in [0.1, 0.15) is 0 Å². The molecule has 0 saturated carbocycles. The Bertz CT molecular complexity index is 794. The Balaban J connectivity index is 1.78. The monoisotopic (exact) mass is 399 g/mol. The molecule has 0 atom stereocenters. The van der Waals surface area contributed by atoms with Crippen molar-refractivity contribution < 1.29 is 19.1 Å². The van der Waals surface area contributed by atoms with Gasteiger partial charge in [-0.1, -0.05) is 13.8 Å². The predicted molar refractivity (Wildman–Crippen MR) is 111 cm³/mol. The molecule has 7 heteroatoms. The van der Waals surface area contributed by atoms with Crippen molar-refractivity contribution in [3.63, 3.8) is 0 Å². The maximum Gasteiger partial charge on any atom is 0.251 e. The van der Waals surface area contributed by atoms with E-state index in [1.807, 2.05) is 12.1 Å².